The van der Waals surface area contributed by atoms with Gasteiger partial charge < -0.3 is 5.11 Å². The van der Waals surface area contributed by atoms with Crippen LogP contribution < -0.4 is 0 Å². The van der Waals surface area contributed by atoms with E-state index in [4.69, 9.17) is 5.48 Å². The molecule has 0 fully saturated rings. The molecule has 0 aliphatic heterocycles. The molecule has 0 radical (unpaired) electrons. The summed E-state index contributed by atoms with van der Waals surface area (Å²) in [5.41, 5.74) is 0.0787. The maximum absolute atomic E-state index is 9.43. The second-order valence-electron chi connectivity index (χ2n) is 1.71. The first-order valence-corrected chi connectivity index (χ1v) is 2.63. The van der Waals surface area contributed by atoms with E-state index in [1.54, 1.807) is 18.2 Å². The van der Waals surface area contributed by atoms with Gasteiger partial charge >= 0.3 is 0 Å². The Hall–Kier alpha value is -0.820. The molecule has 1 nitrogen and oxygen atoms in total. The molecule has 1 rings (SSSR count). The smallest absolute Gasteiger partial charge is 0.0761 e. The molecule has 1 atom stereocenters. The SMILES string of the molecule is [2H]C([2H])([2H])C([2H])(O)c1ccccc1. The van der Waals surface area contributed by atoms with Gasteiger partial charge in [0.15, 0.2) is 0 Å². The molecule has 1 heteroatoms. The molecule has 0 bridgehead atoms. The molecule has 48 valence electrons. The molecule has 1 unspecified atom stereocenters. The fourth-order valence-electron chi connectivity index (χ4n) is 0.596. The van der Waals surface area contributed by atoms with Crippen LogP contribution in [-0.2, 0) is 0 Å². The minimum absolute atomic E-state index is 0.0787. The zero-order valence-corrected chi connectivity index (χ0v) is 4.83. The van der Waals surface area contributed by atoms with E-state index in [1.807, 2.05) is 0 Å². The lowest BCUT2D eigenvalue weighted by atomic mass is 10.1. The second kappa shape index (κ2) is 2.65. The van der Waals surface area contributed by atoms with Gasteiger partial charge in [0, 0.05) is 4.11 Å². The molecular weight excluding hydrogens is 112 g/mol. The lowest BCUT2D eigenvalue weighted by Gasteiger charge is -2.00. The quantitative estimate of drug-likeness (QED) is 0.607. The van der Waals surface area contributed by atoms with E-state index in [2.05, 4.69) is 0 Å². The average Bonchev–Trinajstić information content (AvgIpc) is 2.04. The minimum Gasteiger partial charge on any atom is -0.389 e. The highest BCUT2D eigenvalue weighted by Crippen LogP contribution is 2.08. The molecule has 0 aliphatic carbocycles. The first-order valence-electron chi connectivity index (χ1n) is 4.63. The van der Waals surface area contributed by atoms with Crippen LogP contribution in [0.5, 0.6) is 0 Å². The molecule has 1 aromatic carbocycles. The highest BCUT2D eigenvalue weighted by molar-refractivity contribution is 5.16. The van der Waals surface area contributed by atoms with Gasteiger partial charge in [-0.3, -0.25) is 0 Å². The van der Waals surface area contributed by atoms with Gasteiger partial charge in [0.05, 0.1) is 7.45 Å². The van der Waals surface area contributed by atoms with E-state index in [-0.39, 0.29) is 5.56 Å². The third-order valence-electron chi connectivity index (χ3n) is 1.05. The lowest BCUT2D eigenvalue weighted by Crippen LogP contribution is -1.87. The van der Waals surface area contributed by atoms with Crippen molar-refractivity contribution in [1.29, 1.82) is 0 Å². The molecular formula is C8H10O. The van der Waals surface area contributed by atoms with Crippen molar-refractivity contribution < 1.29 is 10.6 Å². The van der Waals surface area contributed by atoms with Crippen molar-refractivity contribution in [1.82, 2.24) is 0 Å². The summed E-state index contributed by atoms with van der Waals surface area (Å²) in [6.45, 7) is -2.73. The van der Waals surface area contributed by atoms with Crippen LogP contribution in [0.3, 0.4) is 0 Å². The van der Waals surface area contributed by atoms with Crippen LogP contribution >= 0.6 is 0 Å². The third kappa shape index (κ3) is 1.54. The Morgan fingerprint density at radius 2 is 2.22 bits per heavy atom. The lowest BCUT2D eigenvalue weighted by molar-refractivity contribution is 0.199. The fourth-order valence-corrected chi connectivity index (χ4v) is 0.596. The number of rotatable bonds is 1. The molecule has 0 aliphatic rings. The monoisotopic (exact) mass is 126 g/mol. The maximum Gasteiger partial charge on any atom is 0.0761 e. The van der Waals surface area contributed by atoms with Crippen molar-refractivity contribution in [3.63, 3.8) is 0 Å². The Bertz CT molecular complexity index is 278. The van der Waals surface area contributed by atoms with Crippen molar-refractivity contribution in [2.45, 2.75) is 12.9 Å². The van der Waals surface area contributed by atoms with Crippen LogP contribution in [0.15, 0.2) is 30.3 Å². The maximum atomic E-state index is 9.43. The molecule has 0 saturated heterocycles. The summed E-state index contributed by atoms with van der Waals surface area (Å²) >= 11 is 0. The Morgan fingerprint density at radius 1 is 1.56 bits per heavy atom. The zero-order valence-electron chi connectivity index (χ0n) is 8.83. The van der Waals surface area contributed by atoms with Gasteiger partial charge in [-0.1, -0.05) is 30.3 Å². The summed E-state index contributed by atoms with van der Waals surface area (Å²) < 4.78 is 28.2. The van der Waals surface area contributed by atoms with Gasteiger partial charge in [-0.2, -0.15) is 0 Å². The average molecular weight is 126 g/mol. The first kappa shape index (κ1) is 2.84. The molecule has 9 heavy (non-hydrogen) atoms. The van der Waals surface area contributed by atoms with Crippen molar-refractivity contribution in [2.24, 2.45) is 0 Å². The summed E-state index contributed by atoms with van der Waals surface area (Å²) in [7, 11) is 0. The van der Waals surface area contributed by atoms with E-state index < -0.39 is 12.9 Å². The van der Waals surface area contributed by atoms with Crippen molar-refractivity contribution in [3.05, 3.63) is 35.9 Å². The predicted molar refractivity (Wildman–Crippen MR) is 37.1 cm³/mol. The Morgan fingerprint density at radius 3 is 2.78 bits per heavy atom. The van der Waals surface area contributed by atoms with E-state index in [0.717, 1.165) is 0 Å². The number of aliphatic hydroxyl groups is 1. The van der Waals surface area contributed by atoms with Crippen LogP contribution in [0.2, 0.25) is 0 Å². The van der Waals surface area contributed by atoms with Crippen LogP contribution in [0.1, 0.15) is 24.0 Å². The predicted octanol–water partition coefficient (Wildman–Crippen LogP) is 1.74. The standard InChI is InChI=1S/C8H10O/c1-7(9)8-5-3-2-4-6-8/h2-7,9H,1H3/i1D3,7D. The largest absolute Gasteiger partial charge is 0.389 e. The molecule has 0 heterocycles. The second-order valence-corrected chi connectivity index (χ2v) is 1.71. The molecule has 0 amide bonds. The summed E-state index contributed by atoms with van der Waals surface area (Å²) in [6, 6.07) is 7.69. The topological polar surface area (TPSA) is 20.2 Å². The fraction of sp³-hybridized carbons (Fsp3) is 0.250. The van der Waals surface area contributed by atoms with Gasteiger partial charge in [0.1, 0.15) is 0 Å². The van der Waals surface area contributed by atoms with E-state index >= 15 is 0 Å². The summed E-state index contributed by atoms with van der Waals surface area (Å²) in [6.07, 6.45) is -2.52. The molecule has 1 N–H and O–H groups in total. The van der Waals surface area contributed by atoms with E-state index in [0.29, 0.717) is 0 Å². The van der Waals surface area contributed by atoms with Gasteiger partial charge in [0.25, 0.3) is 0 Å². The number of hydrogen-bond acceptors (Lipinski definition) is 1. The summed E-state index contributed by atoms with van der Waals surface area (Å²) in [4.78, 5) is 0. The van der Waals surface area contributed by atoms with Crippen LogP contribution in [0, 0.1) is 0 Å². The van der Waals surface area contributed by atoms with Gasteiger partial charge in [0.2, 0.25) is 0 Å². The summed E-state index contributed by atoms with van der Waals surface area (Å²) in [5.74, 6) is 0. The highest BCUT2D eigenvalue weighted by Gasteiger charge is 1.95. The Labute approximate surface area is 60.6 Å². The van der Waals surface area contributed by atoms with E-state index in [1.165, 1.54) is 12.1 Å². The van der Waals surface area contributed by atoms with Crippen molar-refractivity contribution >= 4 is 0 Å². The van der Waals surface area contributed by atoms with E-state index in [9.17, 15) is 5.11 Å². The van der Waals surface area contributed by atoms with Crippen molar-refractivity contribution in [3.8, 4) is 0 Å². The normalized spacial score (nSPS) is 24.6. The summed E-state index contributed by atoms with van der Waals surface area (Å²) in [5, 5.41) is 9.43. The zero-order chi connectivity index (χ0) is 10.1. The number of hydrogen-bond donors (Lipinski definition) is 1. The molecule has 1 aromatic rings. The Kier molecular flexibility index (Phi) is 0.836. The van der Waals surface area contributed by atoms with Crippen LogP contribution in [-0.4, -0.2) is 5.11 Å². The molecule has 0 aromatic heterocycles. The Balaban J connectivity index is 3.08. The third-order valence-corrected chi connectivity index (χ3v) is 1.05. The van der Waals surface area contributed by atoms with Crippen molar-refractivity contribution in [2.75, 3.05) is 0 Å². The van der Waals surface area contributed by atoms with Gasteiger partial charge in [-0.25, -0.2) is 0 Å². The number of benzene rings is 1. The minimum atomic E-state index is -2.73. The first-order chi connectivity index (χ1) is 5.86. The molecule has 0 saturated carbocycles. The molecule has 0 spiro atoms. The van der Waals surface area contributed by atoms with Gasteiger partial charge in [-0.05, 0) is 12.4 Å². The van der Waals surface area contributed by atoms with Crippen LogP contribution in [0.4, 0.5) is 0 Å². The highest BCUT2D eigenvalue weighted by atomic mass is 16.3. The van der Waals surface area contributed by atoms with Crippen LogP contribution in [0.25, 0.3) is 0 Å². The van der Waals surface area contributed by atoms with Gasteiger partial charge in [-0.15, -0.1) is 0 Å².